The molecule has 50 heavy (non-hydrogen) atoms. The van der Waals surface area contributed by atoms with Crippen LogP contribution in [-0.2, 0) is 23.1 Å². The van der Waals surface area contributed by atoms with Crippen LogP contribution in [0.1, 0.15) is 78.9 Å². The third-order valence-electron chi connectivity index (χ3n) is 11.3. The van der Waals surface area contributed by atoms with Crippen molar-refractivity contribution in [3.8, 4) is 11.1 Å². The number of ether oxygens (including phenoxy) is 2. The summed E-state index contributed by atoms with van der Waals surface area (Å²) < 4.78 is 24.7. The first-order valence-corrected chi connectivity index (χ1v) is 23.9. The lowest BCUT2D eigenvalue weighted by Gasteiger charge is -2.38. The second-order valence-corrected chi connectivity index (χ2v) is 27.3. The fourth-order valence-corrected chi connectivity index (χ4v) is 7.90. The van der Waals surface area contributed by atoms with Gasteiger partial charge in [0.15, 0.2) is 16.6 Å². The van der Waals surface area contributed by atoms with Gasteiger partial charge in [-0.1, -0.05) is 104 Å². The highest BCUT2D eigenvalue weighted by molar-refractivity contribution is 6.74. The van der Waals surface area contributed by atoms with Crippen LogP contribution >= 0.6 is 0 Å². The molecule has 1 aliphatic heterocycles. The Morgan fingerprint density at radius 2 is 1.38 bits per heavy atom. The van der Waals surface area contributed by atoms with E-state index in [4.69, 9.17) is 18.3 Å². The van der Waals surface area contributed by atoms with Crippen molar-refractivity contribution in [2.75, 3.05) is 26.4 Å². The molecule has 1 heterocycles. The molecule has 1 aliphatic carbocycles. The molecule has 4 atom stereocenters. The van der Waals surface area contributed by atoms with Gasteiger partial charge in [-0.3, -0.25) is 4.79 Å². The van der Waals surface area contributed by atoms with Crippen molar-refractivity contribution in [3.05, 3.63) is 59.7 Å². The third-order valence-corrected chi connectivity index (χ3v) is 20.3. The number of rotatable bonds is 15. The lowest BCUT2D eigenvalue weighted by molar-refractivity contribution is -0.126. The van der Waals surface area contributed by atoms with Gasteiger partial charge in [0, 0.05) is 5.92 Å². The molecule has 0 saturated carbocycles. The Bertz CT molecular complexity index is 1450. The zero-order valence-corrected chi connectivity index (χ0v) is 34.4. The number of hydrogen-bond donors (Lipinski definition) is 3. The summed E-state index contributed by atoms with van der Waals surface area (Å²) in [6.45, 7) is 26.3. The minimum atomic E-state index is -2.29. The quantitative estimate of drug-likeness (QED) is 0.128. The standard InChI is InChI=1S/C39H62N2O7Si2/c1-26(2)21-32(34(42)39(24-46-39)25-48-50(11,12)38(6,7)8)40-35(43)33(23-47-49(9,10)37(3,4)5)41-36(44)45-22-31-29-19-15-13-17-27(29)28-18-14-16-20-30(28)31/h13-20,26,31-34,42H,21-25H2,1-12H3,(H,40,43)(H,41,44)/t32?,33-,34?,39?/m0/s1. The maximum absolute atomic E-state index is 14.1. The third kappa shape index (κ3) is 9.27. The van der Waals surface area contributed by atoms with Gasteiger partial charge in [-0.15, -0.1) is 0 Å². The first kappa shape index (κ1) is 40.2. The Hall–Kier alpha value is -2.55. The average molecular weight is 727 g/mol. The number of alkyl carbamates (subject to hydrolysis) is 1. The minimum Gasteiger partial charge on any atom is -0.449 e. The number of hydrogen-bond acceptors (Lipinski definition) is 7. The highest BCUT2D eigenvalue weighted by Crippen LogP contribution is 2.45. The zero-order valence-electron chi connectivity index (χ0n) is 32.4. The Morgan fingerprint density at radius 3 is 1.86 bits per heavy atom. The summed E-state index contributed by atoms with van der Waals surface area (Å²) in [5, 5.41) is 17.5. The van der Waals surface area contributed by atoms with E-state index in [1.165, 1.54) is 0 Å². The highest BCUT2D eigenvalue weighted by Gasteiger charge is 2.56. The van der Waals surface area contributed by atoms with Crippen LogP contribution in [0.25, 0.3) is 11.1 Å². The number of carbonyl (C=O) groups excluding carboxylic acids is 2. The van der Waals surface area contributed by atoms with Crippen LogP contribution in [-0.4, -0.2) is 84.0 Å². The Labute approximate surface area is 302 Å². The molecule has 11 heteroatoms. The molecule has 2 aliphatic rings. The number of aliphatic hydroxyl groups is 1. The summed E-state index contributed by atoms with van der Waals surface area (Å²) in [5.41, 5.74) is 3.60. The second-order valence-electron chi connectivity index (χ2n) is 17.7. The van der Waals surface area contributed by atoms with Crippen LogP contribution in [0.15, 0.2) is 48.5 Å². The van der Waals surface area contributed by atoms with Gasteiger partial charge in [0.25, 0.3) is 0 Å². The number of carbonyl (C=O) groups is 2. The number of amides is 2. The minimum absolute atomic E-state index is 0.00175. The Balaban J connectivity index is 1.50. The summed E-state index contributed by atoms with van der Waals surface area (Å²) in [7, 11) is -4.40. The van der Waals surface area contributed by atoms with E-state index < -0.39 is 52.4 Å². The fourth-order valence-electron chi connectivity index (χ4n) is 5.85. The lowest BCUT2D eigenvalue weighted by atomic mass is 9.91. The molecular weight excluding hydrogens is 665 g/mol. The van der Waals surface area contributed by atoms with E-state index in [2.05, 4.69) is 103 Å². The van der Waals surface area contributed by atoms with E-state index in [1.54, 1.807) is 0 Å². The number of aliphatic hydroxyl groups excluding tert-OH is 1. The molecule has 0 bridgehead atoms. The van der Waals surface area contributed by atoms with Crippen LogP contribution in [0, 0.1) is 5.92 Å². The van der Waals surface area contributed by atoms with Crippen LogP contribution in [0.5, 0.6) is 0 Å². The molecule has 0 spiro atoms. The number of benzene rings is 2. The summed E-state index contributed by atoms with van der Waals surface area (Å²) in [5.74, 6) is -0.384. The summed E-state index contributed by atoms with van der Waals surface area (Å²) in [6, 6.07) is 14.7. The van der Waals surface area contributed by atoms with E-state index in [9.17, 15) is 14.7 Å². The summed E-state index contributed by atoms with van der Waals surface area (Å²) in [6.07, 6.45) is -1.19. The van der Waals surface area contributed by atoms with Crippen molar-refractivity contribution in [2.45, 2.75) is 128 Å². The van der Waals surface area contributed by atoms with Crippen molar-refractivity contribution in [3.63, 3.8) is 0 Å². The molecule has 3 N–H and O–H groups in total. The first-order chi connectivity index (χ1) is 23.1. The van der Waals surface area contributed by atoms with Gasteiger partial charge in [0.1, 0.15) is 24.4 Å². The molecule has 2 aromatic carbocycles. The molecule has 9 nitrogen and oxygen atoms in total. The lowest BCUT2D eigenvalue weighted by Crippen LogP contribution is -2.59. The van der Waals surface area contributed by atoms with Gasteiger partial charge in [-0.05, 0) is 70.9 Å². The van der Waals surface area contributed by atoms with E-state index in [-0.39, 0.29) is 41.7 Å². The van der Waals surface area contributed by atoms with E-state index in [0.717, 1.165) is 22.3 Å². The molecular formula is C39H62N2O7Si2. The fraction of sp³-hybridized carbons (Fsp3) is 0.641. The molecule has 0 aromatic heterocycles. The topological polar surface area (TPSA) is 119 Å². The molecule has 1 saturated heterocycles. The Kier molecular flexibility index (Phi) is 12.2. The summed E-state index contributed by atoms with van der Waals surface area (Å²) >= 11 is 0. The SMILES string of the molecule is CC(C)CC(NC(=O)[C@H](CO[Si](C)(C)C(C)(C)C)NC(=O)OCC1c2ccccc2-c2ccccc21)C(O)C1(CO[Si](C)(C)C(C)(C)C)CO1. The van der Waals surface area contributed by atoms with Crippen molar-refractivity contribution in [1.82, 2.24) is 10.6 Å². The molecule has 2 amide bonds. The van der Waals surface area contributed by atoms with Gasteiger partial charge in [-0.25, -0.2) is 4.79 Å². The van der Waals surface area contributed by atoms with Crippen LogP contribution in [0.2, 0.25) is 36.3 Å². The average Bonchev–Trinajstić information content (AvgIpc) is 3.75. The second kappa shape index (κ2) is 15.2. The van der Waals surface area contributed by atoms with E-state index >= 15 is 0 Å². The molecule has 2 aromatic rings. The van der Waals surface area contributed by atoms with Crippen molar-refractivity contribution >= 4 is 28.6 Å². The van der Waals surface area contributed by atoms with Crippen LogP contribution in [0.4, 0.5) is 4.79 Å². The maximum atomic E-state index is 14.1. The van der Waals surface area contributed by atoms with Crippen LogP contribution in [0.3, 0.4) is 0 Å². The van der Waals surface area contributed by atoms with Gasteiger partial charge in [0.2, 0.25) is 5.91 Å². The smallest absolute Gasteiger partial charge is 0.407 e. The summed E-state index contributed by atoms with van der Waals surface area (Å²) in [4.78, 5) is 27.6. The predicted octanol–water partition coefficient (Wildman–Crippen LogP) is 7.60. The van der Waals surface area contributed by atoms with Gasteiger partial charge >= 0.3 is 6.09 Å². The normalized spacial score (nSPS) is 19.7. The van der Waals surface area contributed by atoms with Gasteiger partial charge in [0.05, 0.1) is 25.9 Å². The van der Waals surface area contributed by atoms with Crippen molar-refractivity contribution < 1.29 is 33.0 Å². The number of fused-ring (bicyclic) bond motifs is 3. The number of epoxide rings is 1. The predicted molar refractivity (Wildman–Crippen MR) is 204 cm³/mol. The number of nitrogens with one attached hydrogen (secondary N) is 2. The van der Waals surface area contributed by atoms with Crippen LogP contribution < -0.4 is 10.6 Å². The Morgan fingerprint density at radius 1 is 0.880 bits per heavy atom. The molecule has 1 fully saturated rings. The van der Waals surface area contributed by atoms with Gasteiger partial charge < -0.3 is 34.1 Å². The van der Waals surface area contributed by atoms with Gasteiger partial charge in [-0.2, -0.15) is 0 Å². The molecule has 3 unspecified atom stereocenters. The maximum Gasteiger partial charge on any atom is 0.407 e. The first-order valence-electron chi connectivity index (χ1n) is 18.1. The largest absolute Gasteiger partial charge is 0.449 e. The highest BCUT2D eigenvalue weighted by atomic mass is 28.4. The monoisotopic (exact) mass is 726 g/mol. The zero-order chi connectivity index (χ0) is 37.3. The molecule has 278 valence electrons. The molecule has 0 radical (unpaired) electrons. The van der Waals surface area contributed by atoms with Crippen molar-refractivity contribution in [2.24, 2.45) is 5.92 Å². The van der Waals surface area contributed by atoms with E-state index in [1.807, 2.05) is 38.1 Å². The van der Waals surface area contributed by atoms with Crippen molar-refractivity contribution in [1.29, 1.82) is 0 Å². The van der Waals surface area contributed by atoms with E-state index in [0.29, 0.717) is 13.0 Å². The molecule has 4 rings (SSSR count).